The lowest BCUT2D eigenvalue weighted by molar-refractivity contribution is -0.126. The Hall–Kier alpha value is -1.26. The van der Waals surface area contributed by atoms with Crippen molar-refractivity contribution in [3.05, 3.63) is 0 Å². The maximum atomic E-state index is 12.6. The zero-order valence-corrected chi connectivity index (χ0v) is 14.7. The van der Waals surface area contributed by atoms with E-state index in [0.717, 1.165) is 25.7 Å². The molecule has 0 aromatic heterocycles. The van der Waals surface area contributed by atoms with Crippen LogP contribution in [-0.4, -0.2) is 42.1 Å². The highest BCUT2D eigenvalue weighted by Gasteiger charge is 2.35. The summed E-state index contributed by atoms with van der Waals surface area (Å²) in [4.78, 5) is 26.4. The molecule has 132 valence electrons. The Morgan fingerprint density at radius 2 is 1.70 bits per heavy atom. The van der Waals surface area contributed by atoms with E-state index in [2.05, 4.69) is 5.32 Å². The molecule has 1 heterocycles. The third kappa shape index (κ3) is 5.70. The third-order valence-corrected chi connectivity index (χ3v) is 4.78. The van der Waals surface area contributed by atoms with Gasteiger partial charge in [0.2, 0.25) is 5.91 Å². The van der Waals surface area contributed by atoms with E-state index in [0.29, 0.717) is 19.1 Å². The van der Waals surface area contributed by atoms with Gasteiger partial charge in [0.15, 0.2) is 0 Å². The quantitative estimate of drug-likeness (QED) is 0.861. The highest BCUT2D eigenvalue weighted by molar-refractivity contribution is 5.86. The normalized spacial score (nSPS) is 23.4. The van der Waals surface area contributed by atoms with E-state index in [1.54, 1.807) is 4.90 Å². The van der Waals surface area contributed by atoms with Crippen molar-refractivity contribution in [2.45, 2.75) is 83.7 Å². The van der Waals surface area contributed by atoms with Crippen LogP contribution in [0.5, 0.6) is 0 Å². The first-order valence-electron chi connectivity index (χ1n) is 9.31. The lowest BCUT2D eigenvalue weighted by Crippen LogP contribution is -2.49. The number of likely N-dealkylation sites (tertiary alicyclic amines) is 1. The molecule has 2 aliphatic rings. The van der Waals surface area contributed by atoms with Gasteiger partial charge in [-0.25, -0.2) is 4.79 Å². The molecule has 2 rings (SSSR count). The van der Waals surface area contributed by atoms with Crippen LogP contribution < -0.4 is 5.32 Å². The molecule has 5 heteroatoms. The second-order valence-electron chi connectivity index (χ2n) is 7.37. The van der Waals surface area contributed by atoms with E-state index < -0.39 is 0 Å². The first-order valence-corrected chi connectivity index (χ1v) is 9.31. The molecule has 1 aliphatic heterocycles. The Labute approximate surface area is 140 Å². The molecular formula is C18H32N2O3. The van der Waals surface area contributed by atoms with E-state index in [-0.39, 0.29) is 24.1 Å². The van der Waals surface area contributed by atoms with Crippen LogP contribution in [0.4, 0.5) is 4.79 Å². The lowest BCUT2D eigenvalue weighted by atomic mass is 9.96. The van der Waals surface area contributed by atoms with E-state index in [9.17, 15) is 9.59 Å². The molecule has 0 bridgehead atoms. The van der Waals surface area contributed by atoms with Crippen LogP contribution in [0.25, 0.3) is 0 Å². The number of nitrogens with zero attached hydrogens (tertiary/aromatic N) is 1. The van der Waals surface area contributed by atoms with Gasteiger partial charge in [-0.2, -0.15) is 0 Å². The van der Waals surface area contributed by atoms with Crippen molar-refractivity contribution in [3.8, 4) is 0 Å². The minimum absolute atomic E-state index is 0.00886. The summed E-state index contributed by atoms with van der Waals surface area (Å²) in [6.45, 7) is 5.05. The second kappa shape index (κ2) is 9.14. The molecule has 1 saturated heterocycles. The van der Waals surface area contributed by atoms with Crippen LogP contribution in [0.15, 0.2) is 0 Å². The standard InChI is InChI=1S/C18H32N2O3/c1-14(2)13-23-18(22)20-12-8-11-16(20)17(21)19-15-9-6-4-3-5-7-10-15/h14-16H,3-13H2,1-2H3,(H,19,21)/t16-/m0/s1. The zero-order valence-electron chi connectivity index (χ0n) is 14.7. The molecule has 1 atom stereocenters. The maximum absolute atomic E-state index is 12.6. The van der Waals surface area contributed by atoms with Crippen molar-refractivity contribution < 1.29 is 14.3 Å². The van der Waals surface area contributed by atoms with E-state index >= 15 is 0 Å². The molecule has 2 amide bonds. The van der Waals surface area contributed by atoms with Gasteiger partial charge >= 0.3 is 6.09 Å². The molecule has 1 saturated carbocycles. The van der Waals surface area contributed by atoms with Gasteiger partial charge in [0.25, 0.3) is 0 Å². The summed E-state index contributed by atoms with van der Waals surface area (Å²) < 4.78 is 5.30. The van der Waals surface area contributed by atoms with E-state index in [4.69, 9.17) is 4.74 Å². The molecule has 0 aromatic rings. The molecular weight excluding hydrogens is 292 g/mol. The predicted octanol–water partition coefficient (Wildman–Crippen LogP) is 3.47. The minimum Gasteiger partial charge on any atom is -0.449 e. The van der Waals surface area contributed by atoms with Gasteiger partial charge in [-0.1, -0.05) is 46.0 Å². The van der Waals surface area contributed by atoms with Crippen LogP contribution in [0.3, 0.4) is 0 Å². The first-order chi connectivity index (χ1) is 11.1. The largest absolute Gasteiger partial charge is 0.449 e. The Kier molecular flexibility index (Phi) is 7.18. The Bertz CT molecular complexity index is 390. The summed E-state index contributed by atoms with van der Waals surface area (Å²) >= 11 is 0. The van der Waals surface area contributed by atoms with Gasteiger partial charge in [-0.15, -0.1) is 0 Å². The topological polar surface area (TPSA) is 58.6 Å². The number of hydrogen-bond donors (Lipinski definition) is 1. The Morgan fingerprint density at radius 3 is 2.35 bits per heavy atom. The van der Waals surface area contributed by atoms with Gasteiger partial charge in [0, 0.05) is 12.6 Å². The van der Waals surface area contributed by atoms with Crippen LogP contribution in [-0.2, 0) is 9.53 Å². The molecule has 0 aromatic carbocycles. The average molecular weight is 324 g/mol. The van der Waals surface area contributed by atoms with Crippen LogP contribution in [0.1, 0.15) is 71.6 Å². The zero-order chi connectivity index (χ0) is 16.7. The summed E-state index contributed by atoms with van der Waals surface area (Å²) in [5.41, 5.74) is 0. The van der Waals surface area contributed by atoms with Gasteiger partial charge < -0.3 is 10.1 Å². The third-order valence-electron chi connectivity index (χ3n) is 4.78. The number of rotatable bonds is 4. The average Bonchev–Trinajstić information content (AvgIpc) is 2.97. The van der Waals surface area contributed by atoms with Crippen molar-refractivity contribution in [3.63, 3.8) is 0 Å². The maximum Gasteiger partial charge on any atom is 0.410 e. The molecule has 1 N–H and O–H groups in total. The van der Waals surface area contributed by atoms with Crippen molar-refractivity contribution in [1.29, 1.82) is 0 Å². The van der Waals surface area contributed by atoms with Crippen LogP contribution in [0, 0.1) is 5.92 Å². The summed E-state index contributed by atoms with van der Waals surface area (Å²) in [5.74, 6) is 0.318. The van der Waals surface area contributed by atoms with Crippen molar-refractivity contribution >= 4 is 12.0 Å². The number of hydrogen-bond acceptors (Lipinski definition) is 3. The van der Waals surface area contributed by atoms with Gasteiger partial charge in [0.1, 0.15) is 6.04 Å². The fourth-order valence-corrected chi connectivity index (χ4v) is 3.48. The Balaban J connectivity index is 1.85. The van der Waals surface area contributed by atoms with Crippen molar-refractivity contribution in [1.82, 2.24) is 10.2 Å². The number of ether oxygens (including phenoxy) is 1. The molecule has 0 spiro atoms. The van der Waals surface area contributed by atoms with Crippen molar-refractivity contribution in [2.75, 3.05) is 13.2 Å². The molecule has 0 radical (unpaired) electrons. The molecule has 2 fully saturated rings. The fourth-order valence-electron chi connectivity index (χ4n) is 3.48. The van der Waals surface area contributed by atoms with Gasteiger partial charge in [-0.05, 0) is 31.6 Å². The van der Waals surface area contributed by atoms with Gasteiger partial charge in [0.05, 0.1) is 6.61 Å². The Morgan fingerprint density at radius 1 is 1.04 bits per heavy atom. The smallest absolute Gasteiger partial charge is 0.410 e. The van der Waals surface area contributed by atoms with Crippen molar-refractivity contribution in [2.24, 2.45) is 5.92 Å². The molecule has 1 aliphatic carbocycles. The molecule has 23 heavy (non-hydrogen) atoms. The van der Waals surface area contributed by atoms with Crippen LogP contribution >= 0.6 is 0 Å². The minimum atomic E-state index is -0.347. The van der Waals surface area contributed by atoms with Crippen LogP contribution in [0.2, 0.25) is 0 Å². The highest BCUT2D eigenvalue weighted by Crippen LogP contribution is 2.21. The molecule has 5 nitrogen and oxygen atoms in total. The number of amides is 2. The second-order valence-corrected chi connectivity index (χ2v) is 7.37. The van der Waals surface area contributed by atoms with Gasteiger partial charge in [-0.3, -0.25) is 9.69 Å². The summed E-state index contributed by atoms with van der Waals surface area (Å²) in [7, 11) is 0. The predicted molar refractivity (Wildman–Crippen MR) is 90.2 cm³/mol. The molecule has 0 unspecified atom stereocenters. The summed E-state index contributed by atoms with van der Waals surface area (Å²) in [5, 5.41) is 3.19. The highest BCUT2D eigenvalue weighted by atomic mass is 16.6. The monoisotopic (exact) mass is 324 g/mol. The number of carbonyl (C=O) groups excluding carboxylic acids is 2. The van der Waals surface area contributed by atoms with E-state index in [1.807, 2.05) is 13.8 Å². The summed E-state index contributed by atoms with van der Waals surface area (Å²) in [6.07, 6.45) is 9.65. The number of carbonyl (C=O) groups is 2. The first kappa shape index (κ1) is 18.1. The fraction of sp³-hybridized carbons (Fsp3) is 0.889. The SMILES string of the molecule is CC(C)COC(=O)N1CCC[C@H]1C(=O)NC1CCCCCCC1. The van der Waals surface area contributed by atoms with E-state index in [1.165, 1.54) is 32.1 Å². The summed E-state index contributed by atoms with van der Waals surface area (Å²) in [6, 6.07) is -0.0722. The lowest BCUT2D eigenvalue weighted by Gasteiger charge is -2.27. The number of nitrogens with one attached hydrogen (secondary N) is 1.